The Morgan fingerprint density at radius 1 is 1.36 bits per heavy atom. The lowest BCUT2D eigenvalue weighted by Crippen LogP contribution is -2.26. The van der Waals surface area contributed by atoms with Crippen LogP contribution in [0, 0.1) is 8.99 Å². The van der Waals surface area contributed by atoms with Crippen molar-refractivity contribution in [3.8, 4) is 0 Å². The third-order valence-electron chi connectivity index (χ3n) is 2.23. The van der Waals surface area contributed by atoms with Crippen molar-refractivity contribution in [1.82, 2.24) is 0 Å². The summed E-state index contributed by atoms with van der Waals surface area (Å²) in [5.41, 5.74) is 7.48. The third kappa shape index (κ3) is 2.94. The maximum atomic E-state index is 6.21. The summed E-state index contributed by atoms with van der Waals surface area (Å²) in [7, 11) is 0. The Morgan fingerprint density at radius 3 is 2.43 bits per heavy atom. The number of hydrogen-bond donors (Lipinski definition) is 1. The maximum absolute atomic E-state index is 6.21. The highest BCUT2D eigenvalue weighted by atomic mass is 127. The molecule has 0 heterocycles. The van der Waals surface area contributed by atoms with E-state index in [0.29, 0.717) is 0 Å². The standard InChI is InChI=1S/C11H15BrIN/c1-11(2,3)10(14)8-6-7(13)4-5-9(8)12/h4-6,10H,14H2,1-3H3. The van der Waals surface area contributed by atoms with E-state index in [1.54, 1.807) is 0 Å². The molecule has 1 rings (SSSR count). The van der Waals surface area contributed by atoms with Gasteiger partial charge in [-0.1, -0.05) is 36.7 Å². The van der Waals surface area contributed by atoms with Gasteiger partial charge in [0.25, 0.3) is 0 Å². The molecule has 1 aromatic rings. The van der Waals surface area contributed by atoms with E-state index >= 15 is 0 Å². The molecule has 0 radical (unpaired) electrons. The molecule has 1 unspecified atom stereocenters. The summed E-state index contributed by atoms with van der Waals surface area (Å²) in [6.07, 6.45) is 0. The maximum Gasteiger partial charge on any atom is 0.0355 e. The average Bonchev–Trinajstić information content (AvgIpc) is 2.06. The molecule has 0 fully saturated rings. The predicted molar refractivity (Wildman–Crippen MR) is 73.2 cm³/mol. The first-order valence-corrected chi connectivity index (χ1v) is 6.40. The predicted octanol–water partition coefficient (Wildman–Crippen LogP) is 4.10. The van der Waals surface area contributed by atoms with Crippen molar-refractivity contribution < 1.29 is 0 Å². The van der Waals surface area contributed by atoms with Crippen LogP contribution in [-0.2, 0) is 0 Å². The van der Waals surface area contributed by atoms with Crippen LogP contribution in [0.4, 0.5) is 0 Å². The summed E-state index contributed by atoms with van der Waals surface area (Å²) >= 11 is 5.85. The fourth-order valence-electron chi connectivity index (χ4n) is 1.22. The van der Waals surface area contributed by atoms with Crippen molar-refractivity contribution in [3.05, 3.63) is 31.8 Å². The second kappa shape index (κ2) is 4.49. The molecule has 0 amide bonds. The molecule has 78 valence electrons. The van der Waals surface area contributed by atoms with Crippen LogP contribution >= 0.6 is 38.5 Å². The van der Waals surface area contributed by atoms with Gasteiger partial charge in [0.1, 0.15) is 0 Å². The van der Waals surface area contributed by atoms with Crippen molar-refractivity contribution in [2.75, 3.05) is 0 Å². The monoisotopic (exact) mass is 367 g/mol. The van der Waals surface area contributed by atoms with Gasteiger partial charge in [-0.3, -0.25) is 0 Å². The van der Waals surface area contributed by atoms with E-state index in [0.717, 1.165) is 4.47 Å². The van der Waals surface area contributed by atoms with Crippen LogP contribution in [0.2, 0.25) is 0 Å². The minimum absolute atomic E-state index is 0.0617. The summed E-state index contributed by atoms with van der Waals surface area (Å²) in [6, 6.07) is 6.33. The highest BCUT2D eigenvalue weighted by molar-refractivity contribution is 14.1. The average molecular weight is 368 g/mol. The smallest absolute Gasteiger partial charge is 0.0355 e. The van der Waals surface area contributed by atoms with E-state index in [2.05, 4.69) is 77.5 Å². The van der Waals surface area contributed by atoms with Crippen LogP contribution < -0.4 is 5.73 Å². The second-order valence-electron chi connectivity index (χ2n) is 4.51. The van der Waals surface area contributed by atoms with Crippen molar-refractivity contribution in [3.63, 3.8) is 0 Å². The molecule has 3 heteroatoms. The minimum Gasteiger partial charge on any atom is -0.323 e. The molecule has 1 atom stereocenters. The Labute approximate surface area is 108 Å². The quantitative estimate of drug-likeness (QED) is 0.743. The number of hydrogen-bond acceptors (Lipinski definition) is 1. The summed E-state index contributed by atoms with van der Waals surface area (Å²) in [5, 5.41) is 0. The Bertz CT molecular complexity index is 331. The summed E-state index contributed by atoms with van der Waals surface area (Å²) < 4.78 is 2.32. The van der Waals surface area contributed by atoms with Crippen molar-refractivity contribution >= 4 is 38.5 Å². The first-order chi connectivity index (χ1) is 6.32. The second-order valence-corrected chi connectivity index (χ2v) is 6.61. The molecule has 0 bridgehead atoms. The van der Waals surface area contributed by atoms with Gasteiger partial charge >= 0.3 is 0 Å². The van der Waals surface area contributed by atoms with Gasteiger partial charge in [-0.05, 0) is 51.8 Å². The zero-order valence-electron chi connectivity index (χ0n) is 8.64. The largest absolute Gasteiger partial charge is 0.323 e. The molecule has 0 spiro atoms. The molecule has 1 aromatic carbocycles. The van der Waals surface area contributed by atoms with E-state index in [-0.39, 0.29) is 11.5 Å². The van der Waals surface area contributed by atoms with E-state index in [9.17, 15) is 0 Å². The van der Waals surface area contributed by atoms with Crippen molar-refractivity contribution in [1.29, 1.82) is 0 Å². The first kappa shape index (κ1) is 12.5. The molecule has 0 saturated carbocycles. The number of nitrogens with two attached hydrogens (primary N) is 1. The van der Waals surface area contributed by atoms with Gasteiger partial charge in [0.15, 0.2) is 0 Å². The van der Waals surface area contributed by atoms with Crippen molar-refractivity contribution in [2.45, 2.75) is 26.8 Å². The van der Waals surface area contributed by atoms with Gasteiger partial charge in [0.2, 0.25) is 0 Å². The SMILES string of the molecule is CC(C)(C)C(N)c1cc(I)ccc1Br. The number of benzene rings is 1. The molecule has 0 aliphatic carbocycles. The Morgan fingerprint density at radius 2 is 1.93 bits per heavy atom. The lowest BCUT2D eigenvalue weighted by molar-refractivity contribution is 0.326. The van der Waals surface area contributed by atoms with Gasteiger partial charge in [-0.2, -0.15) is 0 Å². The topological polar surface area (TPSA) is 26.0 Å². The molecular formula is C11H15BrIN. The zero-order valence-corrected chi connectivity index (χ0v) is 12.4. The van der Waals surface area contributed by atoms with Gasteiger partial charge in [0.05, 0.1) is 0 Å². The van der Waals surface area contributed by atoms with Crippen LogP contribution in [0.5, 0.6) is 0 Å². The lowest BCUT2D eigenvalue weighted by Gasteiger charge is -2.28. The lowest BCUT2D eigenvalue weighted by atomic mass is 9.83. The molecule has 0 aliphatic heterocycles. The van der Waals surface area contributed by atoms with Crippen molar-refractivity contribution in [2.24, 2.45) is 11.1 Å². The minimum atomic E-state index is 0.0617. The van der Waals surface area contributed by atoms with Gasteiger partial charge in [-0.25, -0.2) is 0 Å². The third-order valence-corrected chi connectivity index (χ3v) is 3.62. The summed E-state index contributed by atoms with van der Waals surface area (Å²) in [4.78, 5) is 0. The van der Waals surface area contributed by atoms with E-state index in [1.807, 2.05) is 0 Å². The molecule has 0 aromatic heterocycles. The molecule has 14 heavy (non-hydrogen) atoms. The first-order valence-electron chi connectivity index (χ1n) is 4.53. The molecule has 0 saturated heterocycles. The van der Waals surface area contributed by atoms with Gasteiger partial charge < -0.3 is 5.73 Å². The summed E-state index contributed by atoms with van der Waals surface area (Å²) in [5.74, 6) is 0. The summed E-state index contributed by atoms with van der Waals surface area (Å²) in [6.45, 7) is 6.47. The van der Waals surface area contributed by atoms with Crippen LogP contribution in [0.15, 0.2) is 22.7 Å². The molecular weight excluding hydrogens is 353 g/mol. The van der Waals surface area contributed by atoms with E-state index in [4.69, 9.17) is 5.73 Å². The van der Waals surface area contributed by atoms with Crippen LogP contribution in [-0.4, -0.2) is 0 Å². The van der Waals surface area contributed by atoms with Gasteiger partial charge in [-0.15, -0.1) is 0 Å². The number of halogens is 2. The molecule has 1 nitrogen and oxygen atoms in total. The zero-order chi connectivity index (χ0) is 10.9. The molecule has 2 N–H and O–H groups in total. The number of rotatable bonds is 1. The Balaban J connectivity index is 3.12. The van der Waals surface area contributed by atoms with Crippen LogP contribution in [0.1, 0.15) is 32.4 Å². The van der Waals surface area contributed by atoms with Crippen LogP contribution in [0.3, 0.4) is 0 Å². The van der Waals surface area contributed by atoms with Gasteiger partial charge in [0, 0.05) is 14.1 Å². The normalized spacial score (nSPS) is 14.1. The van der Waals surface area contributed by atoms with E-state index in [1.165, 1.54) is 9.13 Å². The fraction of sp³-hybridized carbons (Fsp3) is 0.455. The molecule has 0 aliphatic rings. The Kier molecular flexibility index (Phi) is 4.00. The highest BCUT2D eigenvalue weighted by Crippen LogP contribution is 2.34. The fourth-order valence-corrected chi connectivity index (χ4v) is 2.23. The van der Waals surface area contributed by atoms with Crippen LogP contribution in [0.25, 0.3) is 0 Å². The Hall–Kier alpha value is 0.390. The highest BCUT2D eigenvalue weighted by Gasteiger charge is 2.23. The van der Waals surface area contributed by atoms with E-state index < -0.39 is 0 Å².